The van der Waals surface area contributed by atoms with Crippen LogP contribution in [0.2, 0.25) is 5.02 Å². The Morgan fingerprint density at radius 1 is 1.24 bits per heavy atom. The van der Waals surface area contributed by atoms with Crippen LogP contribution in [0, 0.1) is 16.7 Å². The molecule has 0 unspecified atom stereocenters. The second kappa shape index (κ2) is 10.9. The van der Waals surface area contributed by atoms with E-state index in [2.05, 4.69) is 21.7 Å². The molecule has 8 nitrogen and oxygen atoms in total. The minimum absolute atomic E-state index is 0.223. The highest BCUT2D eigenvalue weighted by Crippen LogP contribution is 2.33. The number of nitriles is 1. The molecule has 1 aliphatic heterocycles. The number of aromatic nitrogens is 2. The van der Waals surface area contributed by atoms with Crippen LogP contribution in [0.4, 0.5) is 11.6 Å². The van der Waals surface area contributed by atoms with Crippen molar-refractivity contribution in [3.63, 3.8) is 0 Å². The Bertz CT molecular complexity index is 1010. The van der Waals surface area contributed by atoms with Gasteiger partial charge in [-0.15, -0.1) is 0 Å². The molecule has 34 heavy (non-hydrogen) atoms. The number of aliphatic hydroxyl groups is 1. The zero-order valence-electron chi connectivity index (χ0n) is 19.5. The summed E-state index contributed by atoms with van der Waals surface area (Å²) in [5.41, 5.74) is 0.348. The lowest BCUT2D eigenvalue weighted by Gasteiger charge is -2.35. The molecule has 0 bridgehead atoms. The number of rotatable bonds is 8. The largest absolute Gasteiger partial charge is 0.387 e. The van der Waals surface area contributed by atoms with Gasteiger partial charge in [-0.25, -0.2) is 9.97 Å². The second-order valence-corrected chi connectivity index (χ2v) is 9.80. The number of pyridine rings is 2. The zero-order valence-corrected chi connectivity index (χ0v) is 20.3. The Hall–Kier alpha value is -2.44. The standard InChI is InChI=1S/C25H32ClN5O3/c1-33-17-25(32)7-5-18(6-8-25)30-23-13-19(20(26)14-28-23)21-3-2-4-22(31-21)29-16-24(15-27)9-11-34-12-10-24/h2-4,13-14,18,32H,5-12,16-17H2,1H3,(H,28,30)(H,29,31)/t18-,25+. The van der Waals surface area contributed by atoms with Crippen LogP contribution in [0.3, 0.4) is 0 Å². The fourth-order valence-corrected chi connectivity index (χ4v) is 4.87. The number of nitrogens with one attached hydrogen (secondary N) is 2. The summed E-state index contributed by atoms with van der Waals surface area (Å²) in [6.45, 7) is 2.11. The van der Waals surface area contributed by atoms with Crippen LogP contribution in [0.15, 0.2) is 30.5 Å². The average Bonchev–Trinajstić information content (AvgIpc) is 2.86. The predicted octanol–water partition coefficient (Wildman–Crippen LogP) is 4.26. The fourth-order valence-electron chi connectivity index (χ4n) is 4.67. The Morgan fingerprint density at radius 3 is 2.71 bits per heavy atom. The summed E-state index contributed by atoms with van der Waals surface area (Å²) in [6.07, 6.45) is 6.11. The summed E-state index contributed by atoms with van der Waals surface area (Å²) in [5, 5.41) is 27.6. The maximum absolute atomic E-state index is 10.5. The molecule has 0 spiro atoms. The molecule has 2 aromatic rings. The molecular weight excluding hydrogens is 454 g/mol. The molecule has 1 aliphatic carbocycles. The minimum atomic E-state index is -0.738. The fraction of sp³-hybridized carbons (Fsp3) is 0.560. The number of ether oxygens (including phenoxy) is 2. The van der Waals surface area contributed by atoms with E-state index in [0.717, 1.165) is 29.9 Å². The highest BCUT2D eigenvalue weighted by molar-refractivity contribution is 6.33. The minimum Gasteiger partial charge on any atom is -0.387 e. The van der Waals surface area contributed by atoms with Crippen molar-refractivity contribution >= 4 is 23.2 Å². The summed E-state index contributed by atoms with van der Waals surface area (Å²) < 4.78 is 10.6. The van der Waals surface area contributed by atoms with Gasteiger partial charge in [-0.2, -0.15) is 5.26 Å². The first-order valence-corrected chi connectivity index (χ1v) is 12.2. The van der Waals surface area contributed by atoms with E-state index in [4.69, 9.17) is 26.1 Å². The van der Waals surface area contributed by atoms with Crippen molar-refractivity contribution in [1.82, 2.24) is 9.97 Å². The molecule has 4 rings (SSSR count). The number of hydrogen-bond donors (Lipinski definition) is 3. The molecule has 9 heteroatoms. The number of anilines is 2. The summed E-state index contributed by atoms with van der Waals surface area (Å²) in [5.74, 6) is 1.43. The third-order valence-corrected chi connectivity index (χ3v) is 7.16. The van der Waals surface area contributed by atoms with Gasteiger partial charge >= 0.3 is 0 Å². The summed E-state index contributed by atoms with van der Waals surface area (Å²) in [7, 11) is 1.62. The molecule has 0 atom stereocenters. The third-order valence-electron chi connectivity index (χ3n) is 6.86. The number of halogens is 1. The van der Waals surface area contributed by atoms with E-state index in [1.54, 1.807) is 13.3 Å². The first-order chi connectivity index (χ1) is 16.4. The van der Waals surface area contributed by atoms with Gasteiger partial charge in [0.05, 0.1) is 34.4 Å². The number of hydrogen-bond acceptors (Lipinski definition) is 8. The molecule has 2 fully saturated rings. The van der Waals surface area contributed by atoms with Crippen LogP contribution < -0.4 is 10.6 Å². The van der Waals surface area contributed by atoms with E-state index < -0.39 is 11.0 Å². The molecule has 3 N–H and O–H groups in total. The molecule has 3 heterocycles. The van der Waals surface area contributed by atoms with Crippen LogP contribution in [-0.4, -0.2) is 60.2 Å². The van der Waals surface area contributed by atoms with Gasteiger partial charge in [0.2, 0.25) is 0 Å². The Kier molecular flexibility index (Phi) is 7.89. The number of methoxy groups -OCH3 is 1. The topological polar surface area (TPSA) is 112 Å². The highest BCUT2D eigenvalue weighted by Gasteiger charge is 2.34. The van der Waals surface area contributed by atoms with Crippen molar-refractivity contribution in [1.29, 1.82) is 5.26 Å². The molecule has 1 saturated heterocycles. The Labute approximate surface area is 205 Å². The van der Waals surface area contributed by atoms with E-state index >= 15 is 0 Å². The molecule has 2 aromatic heterocycles. The monoisotopic (exact) mass is 485 g/mol. The van der Waals surface area contributed by atoms with Gasteiger partial charge in [-0.3, -0.25) is 0 Å². The predicted molar refractivity (Wildman–Crippen MR) is 132 cm³/mol. The smallest absolute Gasteiger partial charge is 0.126 e. The molecule has 0 aromatic carbocycles. The SMILES string of the molecule is COC[C@]1(O)CC[C@@H](Nc2cc(-c3cccc(NCC4(C#N)CCOCC4)n3)c(Cl)cn2)CC1. The van der Waals surface area contributed by atoms with E-state index in [1.165, 1.54) is 0 Å². The van der Waals surface area contributed by atoms with Crippen LogP contribution >= 0.6 is 11.6 Å². The van der Waals surface area contributed by atoms with Crippen LogP contribution in [-0.2, 0) is 9.47 Å². The van der Waals surface area contributed by atoms with Crippen molar-refractivity contribution in [2.45, 2.75) is 50.2 Å². The first-order valence-electron chi connectivity index (χ1n) is 11.8. The lowest BCUT2D eigenvalue weighted by Crippen LogP contribution is -2.41. The second-order valence-electron chi connectivity index (χ2n) is 9.39. The van der Waals surface area contributed by atoms with Gasteiger partial charge < -0.3 is 25.2 Å². The van der Waals surface area contributed by atoms with Crippen LogP contribution in [0.25, 0.3) is 11.3 Å². The van der Waals surface area contributed by atoms with Crippen molar-refractivity contribution < 1.29 is 14.6 Å². The molecule has 182 valence electrons. The van der Waals surface area contributed by atoms with Crippen molar-refractivity contribution in [2.75, 3.05) is 44.1 Å². The maximum Gasteiger partial charge on any atom is 0.126 e. The normalized spacial score (nSPS) is 24.2. The average molecular weight is 486 g/mol. The lowest BCUT2D eigenvalue weighted by atomic mass is 9.82. The van der Waals surface area contributed by atoms with Crippen LogP contribution in [0.5, 0.6) is 0 Å². The van der Waals surface area contributed by atoms with Gasteiger partial charge in [-0.05, 0) is 56.7 Å². The van der Waals surface area contributed by atoms with Crippen molar-refractivity contribution in [3.05, 3.63) is 35.5 Å². The maximum atomic E-state index is 10.5. The quantitative estimate of drug-likeness (QED) is 0.508. The third kappa shape index (κ3) is 5.97. The molecule has 2 aliphatic rings. The Balaban J connectivity index is 1.43. The molecule has 0 amide bonds. The van der Waals surface area contributed by atoms with E-state index in [0.29, 0.717) is 62.9 Å². The van der Waals surface area contributed by atoms with Gasteiger partial charge in [0.1, 0.15) is 11.6 Å². The van der Waals surface area contributed by atoms with Gasteiger partial charge in [0, 0.05) is 44.7 Å². The summed E-state index contributed by atoms with van der Waals surface area (Å²) >= 11 is 6.49. The molecule has 1 saturated carbocycles. The van der Waals surface area contributed by atoms with E-state index in [9.17, 15) is 10.4 Å². The van der Waals surface area contributed by atoms with Crippen molar-refractivity contribution in [3.8, 4) is 17.3 Å². The van der Waals surface area contributed by atoms with Gasteiger partial charge in [0.15, 0.2) is 0 Å². The molecular formula is C25H32ClN5O3. The van der Waals surface area contributed by atoms with Gasteiger partial charge in [0.25, 0.3) is 0 Å². The Morgan fingerprint density at radius 2 is 2.00 bits per heavy atom. The van der Waals surface area contributed by atoms with Crippen molar-refractivity contribution in [2.24, 2.45) is 5.41 Å². The molecule has 0 radical (unpaired) electrons. The lowest BCUT2D eigenvalue weighted by molar-refractivity contribution is -0.0572. The summed E-state index contributed by atoms with van der Waals surface area (Å²) in [6, 6.07) is 10.3. The zero-order chi connectivity index (χ0) is 24.0. The highest BCUT2D eigenvalue weighted by atomic mass is 35.5. The van der Waals surface area contributed by atoms with Crippen LogP contribution in [0.1, 0.15) is 38.5 Å². The first kappa shape index (κ1) is 24.7. The van der Waals surface area contributed by atoms with E-state index in [1.807, 2.05) is 24.3 Å². The summed E-state index contributed by atoms with van der Waals surface area (Å²) in [4.78, 5) is 9.19. The number of nitrogens with zero attached hydrogens (tertiary/aromatic N) is 3. The van der Waals surface area contributed by atoms with E-state index in [-0.39, 0.29) is 6.04 Å². The van der Waals surface area contributed by atoms with Gasteiger partial charge in [-0.1, -0.05) is 17.7 Å².